The van der Waals surface area contributed by atoms with Gasteiger partial charge in [0.1, 0.15) is 5.92 Å². The molecule has 0 amide bonds. The third-order valence-electron chi connectivity index (χ3n) is 4.77. The van der Waals surface area contributed by atoms with E-state index < -0.39 is 47.5 Å². The van der Waals surface area contributed by atoms with Crippen molar-refractivity contribution < 1.29 is 38.8 Å². The second-order valence-electron chi connectivity index (χ2n) is 6.46. The lowest BCUT2D eigenvalue weighted by molar-refractivity contribution is -0.170. The van der Waals surface area contributed by atoms with Gasteiger partial charge >= 0.3 is 11.9 Å². The quantitative estimate of drug-likeness (QED) is 0.593. The summed E-state index contributed by atoms with van der Waals surface area (Å²) in [5.74, 6) is -5.67. The second kappa shape index (κ2) is 7.33. The van der Waals surface area contributed by atoms with Crippen LogP contribution < -0.4 is 4.74 Å². The highest BCUT2D eigenvalue weighted by molar-refractivity contribution is 6.02. The van der Waals surface area contributed by atoms with E-state index in [1.165, 1.54) is 32.2 Å². The Bertz CT molecular complexity index is 724. The maximum atomic E-state index is 12.6. The molecule has 1 aliphatic rings. The number of phenolic OH excluding ortho intramolecular Hbond substituents is 1. The standard InChI is InChI=1S/C18H22O8/c1-18(23)8-11(20)14(16(21)25-3)13(15(18)17(22)26-4)9-5-6-10(19)12(7-9)24-2/h5-7,13-15,19,23H,8H2,1-4H3/t13-,14-,15+,18-/m1/s1. The summed E-state index contributed by atoms with van der Waals surface area (Å²) >= 11 is 0. The molecule has 0 aromatic heterocycles. The molecule has 1 aliphatic carbocycles. The number of aromatic hydroxyl groups is 1. The molecular weight excluding hydrogens is 344 g/mol. The molecule has 0 bridgehead atoms. The van der Waals surface area contributed by atoms with E-state index in [0.717, 1.165) is 14.2 Å². The Morgan fingerprint density at radius 3 is 2.31 bits per heavy atom. The average molecular weight is 366 g/mol. The van der Waals surface area contributed by atoms with E-state index in [0.29, 0.717) is 5.56 Å². The van der Waals surface area contributed by atoms with Gasteiger partial charge in [0.2, 0.25) is 0 Å². The number of hydrogen-bond acceptors (Lipinski definition) is 8. The maximum absolute atomic E-state index is 12.6. The lowest BCUT2D eigenvalue weighted by atomic mass is 9.61. The fourth-order valence-electron chi connectivity index (χ4n) is 3.57. The van der Waals surface area contributed by atoms with Gasteiger partial charge in [-0.25, -0.2) is 0 Å². The molecule has 0 aliphatic heterocycles. The van der Waals surface area contributed by atoms with E-state index >= 15 is 0 Å². The van der Waals surface area contributed by atoms with Crippen molar-refractivity contribution in [2.45, 2.75) is 24.9 Å². The molecule has 2 N–H and O–H groups in total. The minimum atomic E-state index is -1.72. The van der Waals surface area contributed by atoms with Gasteiger partial charge in [-0.1, -0.05) is 6.07 Å². The largest absolute Gasteiger partial charge is 0.504 e. The Labute approximate surface area is 150 Å². The van der Waals surface area contributed by atoms with Gasteiger partial charge in [-0.3, -0.25) is 14.4 Å². The summed E-state index contributed by atoms with van der Waals surface area (Å²) < 4.78 is 14.6. The average Bonchev–Trinajstić information content (AvgIpc) is 2.59. The van der Waals surface area contributed by atoms with E-state index in [9.17, 15) is 24.6 Å². The highest BCUT2D eigenvalue weighted by Gasteiger charge is 2.57. The third-order valence-corrected chi connectivity index (χ3v) is 4.77. The highest BCUT2D eigenvalue weighted by atomic mass is 16.5. The lowest BCUT2D eigenvalue weighted by Crippen LogP contribution is -2.55. The van der Waals surface area contributed by atoms with Crippen LogP contribution in [0.4, 0.5) is 0 Å². The number of hydrogen-bond donors (Lipinski definition) is 2. The van der Waals surface area contributed by atoms with Gasteiger partial charge in [-0.15, -0.1) is 0 Å². The number of carbonyl (C=O) groups is 3. The molecule has 0 unspecified atom stereocenters. The normalized spacial score (nSPS) is 28.3. The van der Waals surface area contributed by atoms with Gasteiger partial charge in [0.15, 0.2) is 17.3 Å². The Morgan fingerprint density at radius 2 is 1.77 bits per heavy atom. The van der Waals surface area contributed by atoms with Crippen molar-refractivity contribution in [3.63, 3.8) is 0 Å². The maximum Gasteiger partial charge on any atom is 0.316 e. The summed E-state index contributed by atoms with van der Waals surface area (Å²) in [7, 11) is 3.65. The van der Waals surface area contributed by atoms with E-state index in [1.54, 1.807) is 0 Å². The summed E-state index contributed by atoms with van der Waals surface area (Å²) in [4.78, 5) is 37.3. The summed E-state index contributed by atoms with van der Waals surface area (Å²) in [6, 6.07) is 4.20. The number of ether oxygens (including phenoxy) is 3. The minimum absolute atomic E-state index is 0.104. The smallest absolute Gasteiger partial charge is 0.316 e. The number of carbonyl (C=O) groups excluding carboxylic acids is 3. The number of benzene rings is 1. The number of ketones is 1. The van der Waals surface area contributed by atoms with Gasteiger partial charge in [0.25, 0.3) is 0 Å². The number of methoxy groups -OCH3 is 3. The number of rotatable bonds is 4. The Hall–Kier alpha value is -2.61. The van der Waals surface area contributed by atoms with Gasteiger partial charge in [0.05, 0.1) is 32.8 Å². The first-order valence-electron chi connectivity index (χ1n) is 7.95. The summed E-state index contributed by atoms with van der Waals surface area (Å²) in [6.07, 6.45) is -0.391. The van der Waals surface area contributed by atoms with Crippen LogP contribution in [-0.2, 0) is 23.9 Å². The van der Waals surface area contributed by atoms with Crippen LogP contribution in [0.25, 0.3) is 0 Å². The predicted molar refractivity (Wildman–Crippen MR) is 88.7 cm³/mol. The molecular formula is C18H22O8. The molecule has 142 valence electrons. The van der Waals surface area contributed by atoms with E-state index in [4.69, 9.17) is 14.2 Å². The number of Topliss-reactive ketones (excluding diaryl/α,β-unsaturated/α-hetero) is 1. The van der Waals surface area contributed by atoms with Crippen LogP contribution in [0.5, 0.6) is 11.5 Å². The molecule has 1 aromatic rings. The molecule has 0 saturated heterocycles. The second-order valence-corrected chi connectivity index (χ2v) is 6.46. The van der Waals surface area contributed by atoms with Crippen molar-refractivity contribution in [3.05, 3.63) is 23.8 Å². The molecule has 1 aromatic carbocycles. The topological polar surface area (TPSA) is 119 Å². The molecule has 0 heterocycles. The Balaban J connectivity index is 2.69. The predicted octanol–water partition coefficient (Wildman–Crippen LogP) is 0.787. The van der Waals surface area contributed by atoms with Crippen molar-refractivity contribution in [2.24, 2.45) is 11.8 Å². The van der Waals surface area contributed by atoms with Crippen LogP contribution in [-0.4, -0.2) is 54.9 Å². The Kier molecular flexibility index (Phi) is 5.56. The molecule has 0 spiro atoms. The van der Waals surface area contributed by atoms with Gasteiger partial charge < -0.3 is 24.4 Å². The zero-order valence-corrected chi connectivity index (χ0v) is 15.0. The molecule has 1 saturated carbocycles. The van der Waals surface area contributed by atoms with Crippen molar-refractivity contribution in [2.75, 3.05) is 21.3 Å². The van der Waals surface area contributed by atoms with Crippen molar-refractivity contribution in [1.29, 1.82) is 0 Å². The van der Waals surface area contributed by atoms with Crippen LogP contribution in [0.3, 0.4) is 0 Å². The third kappa shape index (κ3) is 3.37. The summed E-state index contributed by atoms with van der Waals surface area (Å²) in [5, 5.41) is 20.5. The first-order chi connectivity index (χ1) is 12.2. The van der Waals surface area contributed by atoms with Gasteiger partial charge in [0, 0.05) is 12.3 Å². The first-order valence-corrected chi connectivity index (χ1v) is 7.95. The minimum Gasteiger partial charge on any atom is -0.504 e. The number of phenols is 1. The monoisotopic (exact) mass is 366 g/mol. The van der Waals surface area contributed by atoms with Crippen LogP contribution in [0.1, 0.15) is 24.8 Å². The lowest BCUT2D eigenvalue weighted by Gasteiger charge is -2.43. The summed E-state index contributed by atoms with van der Waals surface area (Å²) in [6.45, 7) is 1.35. The fourth-order valence-corrected chi connectivity index (χ4v) is 3.57. The van der Waals surface area contributed by atoms with E-state index in [-0.39, 0.29) is 11.5 Å². The first kappa shape index (κ1) is 19.7. The van der Waals surface area contributed by atoms with Crippen LogP contribution in [0, 0.1) is 11.8 Å². The zero-order chi connectivity index (χ0) is 19.6. The van der Waals surface area contributed by atoms with Crippen molar-refractivity contribution >= 4 is 17.7 Å². The summed E-state index contributed by atoms with van der Waals surface area (Å²) in [5.41, 5.74) is -1.36. The zero-order valence-electron chi connectivity index (χ0n) is 15.0. The molecule has 4 atom stereocenters. The molecule has 2 rings (SSSR count). The van der Waals surface area contributed by atoms with Crippen molar-refractivity contribution in [3.8, 4) is 11.5 Å². The molecule has 8 nitrogen and oxygen atoms in total. The SMILES string of the molecule is COC(=O)[C@@H]1C(=O)C[C@@](C)(O)[C@H](C(=O)OC)[C@@H]1c1ccc(O)c(OC)c1. The number of aliphatic hydroxyl groups is 1. The number of esters is 2. The van der Waals surface area contributed by atoms with E-state index in [2.05, 4.69) is 0 Å². The fraction of sp³-hybridized carbons (Fsp3) is 0.500. The Morgan fingerprint density at radius 1 is 1.15 bits per heavy atom. The highest BCUT2D eigenvalue weighted by Crippen LogP contribution is 2.47. The van der Waals surface area contributed by atoms with Crippen LogP contribution >= 0.6 is 0 Å². The van der Waals surface area contributed by atoms with Crippen LogP contribution in [0.15, 0.2) is 18.2 Å². The molecule has 0 radical (unpaired) electrons. The molecule has 8 heteroatoms. The molecule has 1 fully saturated rings. The van der Waals surface area contributed by atoms with Crippen molar-refractivity contribution in [1.82, 2.24) is 0 Å². The van der Waals surface area contributed by atoms with Crippen LogP contribution in [0.2, 0.25) is 0 Å². The van der Waals surface area contributed by atoms with Gasteiger partial charge in [-0.05, 0) is 24.6 Å². The van der Waals surface area contributed by atoms with E-state index in [1.807, 2.05) is 0 Å². The van der Waals surface area contributed by atoms with Gasteiger partial charge in [-0.2, -0.15) is 0 Å². The molecule has 26 heavy (non-hydrogen) atoms.